The third-order valence-electron chi connectivity index (χ3n) is 5.52. The molecular weight excluding hydrogens is 372 g/mol. The van der Waals surface area contributed by atoms with Gasteiger partial charge in [-0.25, -0.2) is 0 Å². The summed E-state index contributed by atoms with van der Waals surface area (Å²) in [5, 5.41) is 1.83. The fourth-order valence-electron chi connectivity index (χ4n) is 3.96. The van der Waals surface area contributed by atoms with Crippen molar-refractivity contribution in [2.45, 2.75) is 25.2 Å². The van der Waals surface area contributed by atoms with Crippen LogP contribution >= 0.6 is 11.6 Å². The number of nitrogens with one attached hydrogen (secondary N) is 1. The maximum atomic E-state index is 13.0. The SMILES string of the molecule is O=C(C[C@H](CCc1ccccc1)c1c[nH]c2ccc(Cl)cc12)N1CCOCC1. The molecule has 4 rings (SSSR count). The lowest BCUT2D eigenvalue weighted by atomic mass is 9.89. The van der Waals surface area contributed by atoms with Crippen LogP contribution < -0.4 is 0 Å². The van der Waals surface area contributed by atoms with Gasteiger partial charge in [0.2, 0.25) is 5.91 Å². The van der Waals surface area contributed by atoms with Crippen LogP contribution in [0.5, 0.6) is 0 Å². The topological polar surface area (TPSA) is 45.3 Å². The van der Waals surface area contributed by atoms with Gasteiger partial charge in [-0.05, 0) is 48.1 Å². The number of aryl methyl sites for hydroxylation is 1. The van der Waals surface area contributed by atoms with Crippen molar-refractivity contribution in [1.29, 1.82) is 0 Å². The molecular formula is C23H25ClN2O2. The van der Waals surface area contributed by atoms with Crippen LogP contribution in [-0.2, 0) is 16.0 Å². The van der Waals surface area contributed by atoms with Gasteiger partial charge in [0.1, 0.15) is 0 Å². The van der Waals surface area contributed by atoms with Crippen LogP contribution in [0.15, 0.2) is 54.7 Å². The molecule has 0 saturated carbocycles. The molecule has 0 bridgehead atoms. The van der Waals surface area contributed by atoms with Gasteiger partial charge in [-0.3, -0.25) is 4.79 Å². The molecule has 1 fully saturated rings. The molecule has 1 aromatic heterocycles. The van der Waals surface area contributed by atoms with Gasteiger partial charge >= 0.3 is 0 Å². The average molecular weight is 397 g/mol. The summed E-state index contributed by atoms with van der Waals surface area (Å²) in [6.45, 7) is 2.63. The normalized spacial score (nSPS) is 15.7. The number of morpholine rings is 1. The lowest BCUT2D eigenvalue weighted by Crippen LogP contribution is -2.41. The van der Waals surface area contributed by atoms with Crippen molar-refractivity contribution in [3.8, 4) is 0 Å². The summed E-state index contributed by atoms with van der Waals surface area (Å²) in [6, 6.07) is 16.3. The highest BCUT2D eigenvalue weighted by atomic mass is 35.5. The number of aromatic amines is 1. The Morgan fingerprint density at radius 1 is 1.14 bits per heavy atom. The molecule has 1 aliphatic rings. The highest BCUT2D eigenvalue weighted by Crippen LogP contribution is 2.33. The highest BCUT2D eigenvalue weighted by Gasteiger charge is 2.24. The summed E-state index contributed by atoms with van der Waals surface area (Å²) in [5.74, 6) is 0.348. The van der Waals surface area contributed by atoms with E-state index in [1.807, 2.05) is 35.4 Å². The number of amides is 1. The maximum absolute atomic E-state index is 13.0. The predicted molar refractivity (Wildman–Crippen MR) is 113 cm³/mol. The zero-order valence-corrected chi connectivity index (χ0v) is 16.6. The van der Waals surface area contributed by atoms with E-state index in [4.69, 9.17) is 16.3 Å². The smallest absolute Gasteiger partial charge is 0.223 e. The Morgan fingerprint density at radius 2 is 1.93 bits per heavy atom. The second kappa shape index (κ2) is 8.80. The van der Waals surface area contributed by atoms with E-state index in [-0.39, 0.29) is 11.8 Å². The number of benzene rings is 2. The number of aromatic nitrogens is 1. The Labute approximate surface area is 170 Å². The molecule has 1 amide bonds. The number of hydrogen-bond donors (Lipinski definition) is 1. The van der Waals surface area contributed by atoms with E-state index >= 15 is 0 Å². The number of nitrogens with zero attached hydrogens (tertiary/aromatic N) is 1. The summed E-state index contributed by atoms with van der Waals surface area (Å²) in [4.78, 5) is 18.2. The Hall–Kier alpha value is -2.30. The minimum atomic E-state index is 0.141. The Kier molecular flexibility index (Phi) is 5.98. The third kappa shape index (κ3) is 4.40. The van der Waals surface area contributed by atoms with E-state index in [0.717, 1.165) is 28.8 Å². The van der Waals surface area contributed by atoms with Gasteiger partial charge in [0.15, 0.2) is 0 Å². The van der Waals surface area contributed by atoms with E-state index in [1.54, 1.807) is 0 Å². The van der Waals surface area contributed by atoms with E-state index in [1.165, 1.54) is 11.1 Å². The number of fused-ring (bicyclic) bond motifs is 1. The molecule has 28 heavy (non-hydrogen) atoms. The molecule has 0 unspecified atom stereocenters. The number of hydrogen-bond acceptors (Lipinski definition) is 2. The van der Waals surface area contributed by atoms with Crippen molar-refractivity contribution in [3.63, 3.8) is 0 Å². The van der Waals surface area contributed by atoms with Crippen molar-refractivity contribution in [2.24, 2.45) is 0 Å². The lowest BCUT2D eigenvalue weighted by Gasteiger charge is -2.28. The molecule has 1 saturated heterocycles. The molecule has 1 N–H and O–H groups in total. The van der Waals surface area contributed by atoms with E-state index < -0.39 is 0 Å². The second-order valence-electron chi connectivity index (χ2n) is 7.35. The number of ether oxygens (including phenoxy) is 1. The first-order valence-corrected chi connectivity index (χ1v) is 10.2. The van der Waals surface area contributed by atoms with Crippen LogP contribution in [0.4, 0.5) is 0 Å². The number of H-pyrrole nitrogens is 1. The predicted octanol–water partition coefficient (Wildman–Crippen LogP) is 4.79. The first kappa shape index (κ1) is 19.0. The van der Waals surface area contributed by atoms with Gasteiger partial charge in [-0.1, -0.05) is 41.9 Å². The van der Waals surface area contributed by atoms with Gasteiger partial charge in [-0.2, -0.15) is 0 Å². The van der Waals surface area contributed by atoms with Gasteiger partial charge in [0.05, 0.1) is 13.2 Å². The molecule has 146 valence electrons. The third-order valence-corrected chi connectivity index (χ3v) is 5.76. The highest BCUT2D eigenvalue weighted by molar-refractivity contribution is 6.31. The molecule has 1 atom stereocenters. The van der Waals surface area contributed by atoms with Gasteiger partial charge in [0, 0.05) is 41.6 Å². The Bertz CT molecular complexity index is 932. The molecule has 5 heteroatoms. The van der Waals surface area contributed by atoms with Crippen LogP contribution in [0.3, 0.4) is 0 Å². The molecule has 3 aromatic rings. The van der Waals surface area contributed by atoms with Gasteiger partial charge in [-0.15, -0.1) is 0 Å². The first-order chi connectivity index (χ1) is 13.7. The van der Waals surface area contributed by atoms with Crippen molar-refractivity contribution in [3.05, 3.63) is 70.9 Å². The summed E-state index contributed by atoms with van der Waals surface area (Å²) < 4.78 is 5.39. The van der Waals surface area contributed by atoms with E-state index in [9.17, 15) is 4.79 Å². The summed E-state index contributed by atoms with van der Waals surface area (Å²) >= 11 is 6.25. The Morgan fingerprint density at radius 3 is 2.71 bits per heavy atom. The average Bonchev–Trinajstić information content (AvgIpc) is 3.15. The molecule has 0 radical (unpaired) electrons. The van der Waals surface area contributed by atoms with Crippen molar-refractivity contribution >= 4 is 28.4 Å². The van der Waals surface area contributed by atoms with Crippen molar-refractivity contribution in [2.75, 3.05) is 26.3 Å². The lowest BCUT2D eigenvalue weighted by molar-refractivity contribution is -0.135. The van der Waals surface area contributed by atoms with E-state index in [2.05, 4.69) is 29.2 Å². The largest absolute Gasteiger partial charge is 0.378 e. The molecule has 0 aliphatic carbocycles. The minimum absolute atomic E-state index is 0.141. The van der Waals surface area contributed by atoms with Gasteiger partial charge in [0.25, 0.3) is 0 Å². The van der Waals surface area contributed by atoms with Gasteiger partial charge < -0.3 is 14.6 Å². The van der Waals surface area contributed by atoms with Crippen LogP contribution in [0.1, 0.15) is 29.9 Å². The fourth-order valence-corrected chi connectivity index (χ4v) is 4.13. The monoisotopic (exact) mass is 396 g/mol. The second-order valence-corrected chi connectivity index (χ2v) is 7.79. The van der Waals surface area contributed by atoms with Crippen LogP contribution in [0, 0.1) is 0 Å². The van der Waals surface area contributed by atoms with Crippen molar-refractivity contribution < 1.29 is 9.53 Å². The quantitative estimate of drug-likeness (QED) is 0.651. The molecule has 1 aliphatic heterocycles. The number of rotatable bonds is 6. The standard InChI is InChI=1S/C23H25ClN2O2/c24-19-8-9-22-20(15-19)21(16-25-22)18(7-6-17-4-2-1-3-5-17)14-23(27)26-10-12-28-13-11-26/h1-5,8-9,15-16,18,25H,6-7,10-14H2/t18-/m0/s1. The fraction of sp³-hybridized carbons (Fsp3) is 0.348. The van der Waals surface area contributed by atoms with E-state index in [0.29, 0.717) is 32.7 Å². The van der Waals surface area contributed by atoms with Crippen LogP contribution in [-0.4, -0.2) is 42.1 Å². The number of carbonyl (C=O) groups is 1. The first-order valence-electron chi connectivity index (χ1n) is 9.86. The zero-order chi connectivity index (χ0) is 19.3. The number of halogens is 1. The summed E-state index contributed by atoms with van der Waals surface area (Å²) in [5.41, 5.74) is 3.53. The minimum Gasteiger partial charge on any atom is -0.378 e. The molecule has 4 nitrogen and oxygen atoms in total. The maximum Gasteiger partial charge on any atom is 0.223 e. The number of carbonyl (C=O) groups excluding carboxylic acids is 1. The summed E-state index contributed by atoms with van der Waals surface area (Å²) in [6.07, 6.45) is 4.41. The van der Waals surface area contributed by atoms with Crippen LogP contribution in [0.2, 0.25) is 5.02 Å². The molecule has 2 aromatic carbocycles. The Balaban J connectivity index is 1.58. The molecule has 0 spiro atoms. The summed E-state index contributed by atoms with van der Waals surface area (Å²) in [7, 11) is 0. The zero-order valence-electron chi connectivity index (χ0n) is 15.9. The van der Waals surface area contributed by atoms with Crippen LogP contribution in [0.25, 0.3) is 10.9 Å². The molecule has 2 heterocycles. The van der Waals surface area contributed by atoms with Crippen molar-refractivity contribution in [1.82, 2.24) is 9.88 Å².